The number of aryl methyl sites for hydroxylation is 1. The van der Waals surface area contributed by atoms with Gasteiger partial charge in [-0.25, -0.2) is 4.79 Å². The van der Waals surface area contributed by atoms with Crippen molar-refractivity contribution in [2.75, 3.05) is 14.2 Å². The molecule has 0 saturated carbocycles. The number of rotatable bonds is 4. The van der Waals surface area contributed by atoms with E-state index in [1.54, 1.807) is 13.0 Å². The third-order valence-corrected chi connectivity index (χ3v) is 2.83. The van der Waals surface area contributed by atoms with Gasteiger partial charge in [0.2, 0.25) is 0 Å². The molecule has 0 aliphatic carbocycles. The first-order valence-corrected chi connectivity index (χ1v) is 5.13. The SMILES string of the molecule is COc1cc(C)c(Cl)c(C(O)C(=O)O)c1OC. The van der Waals surface area contributed by atoms with Gasteiger partial charge in [0.05, 0.1) is 24.8 Å². The number of carbonyl (C=O) groups is 1. The highest BCUT2D eigenvalue weighted by molar-refractivity contribution is 6.32. The number of hydrogen-bond donors (Lipinski definition) is 2. The summed E-state index contributed by atoms with van der Waals surface area (Å²) >= 11 is 5.99. The second-order valence-electron chi connectivity index (χ2n) is 3.40. The lowest BCUT2D eigenvalue weighted by molar-refractivity contribution is -0.147. The van der Waals surface area contributed by atoms with Gasteiger partial charge in [0.25, 0.3) is 0 Å². The van der Waals surface area contributed by atoms with E-state index in [4.69, 9.17) is 26.2 Å². The van der Waals surface area contributed by atoms with Crippen molar-refractivity contribution in [3.8, 4) is 11.5 Å². The number of carboxylic acids is 1. The number of ether oxygens (including phenoxy) is 2. The van der Waals surface area contributed by atoms with Crippen LogP contribution in [0.25, 0.3) is 0 Å². The summed E-state index contributed by atoms with van der Waals surface area (Å²) in [6, 6.07) is 1.61. The van der Waals surface area contributed by atoms with Gasteiger partial charge in [0.1, 0.15) is 0 Å². The van der Waals surface area contributed by atoms with Crippen LogP contribution in [0.3, 0.4) is 0 Å². The Balaban J connectivity index is 3.53. The molecule has 0 radical (unpaired) electrons. The van der Waals surface area contributed by atoms with Crippen molar-refractivity contribution in [2.24, 2.45) is 0 Å². The lowest BCUT2D eigenvalue weighted by atomic mass is 10.0. The average Bonchev–Trinajstić information content (AvgIpc) is 2.30. The molecule has 5 nitrogen and oxygen atoms in total. The number of carboxylic acid groups (broad SMARTS) is 1. The molecule has 0 aliphatic rings. The fraction of sp³-hybridized carbons (Fsp3) is 0.364. The molecule has 1 aromatic carbocycles. The molecule has 94 valence electrons. The molecule has 0 aliphatic heterocycles. The number of methoxy groups -OCH3 is 2. The highest BCUT2D eigenvalue weighted by Crippen LogP contribution is 2.41. The molecule has 1 rings (SSSR count). The summed E-state index contributed by atoms with van der Waals surface area (Å²) in [5, 5.41) is 18.6. The zero-order valence-corrected chi connectivity index (χ0v) is 10.4. The Kier molecular flexibility index (Phi) is 4.20. The first-order chi connectivity index (χ1) is 7.93. The predicted molar refractivity (Wildman–Crippen MR) is 61.9 cm³/mol. The van der Waals surface area contributed by atoms with Crippen molar-refractivity contribution < 1.29 is 24.5 Å². The van der Waals surface area contributed by atoms with Gasteiger partial charge >= 0.3 is 5.97 Å². The van der Waals surface area contributed by atoms with E-state index in [0.717, 1.165) is 0 Å². The van der Waals surface area contributed by atoms with Crippen LogP contribution < -0.4 is 9.47 Å². The van der Waals surface area contributed by atoms with E-state index in [2.05, 4.69) is 0 Å². The fourth-order valence-electron chi connectivity index (χ4n) is 1.50. The molecule has 2 N–H and O–H groups in total. The standard InChI is InChI=1S/C11H13ClO5/c1-5-4-6(16-2)10(17-3)7(8(5)12)9(13)11(14)15/h4,9,13H,1-3H3,(H,14,15). The summed E-state index contributed by atoms with van der Waals surface area (Å²) in [6.45, 7) is 1.68. The number of aliphatic carboxylic acids is 1. The number of halogens is 1. The maximum absolute atomic E-state index is 10.8. The predicted octanol–water partition coefficient (Wildman–Crippen LogP) is 1.78. The van der Waals surface area contributed by atoms with Crippen molar-refractivity contribution in [2.45, 2.75) is 13.0 Å². The van der Waals surface area contributed by atoms with E-state index in [0.29, 0.717) is 11.3 Å². The molecule has 0 spiro atoms. The molecule has 17 heavy (non-hydrogen) atoms. The molecule has 1 aromatic rings. The summed E-state index contributed by atoms with van der Waals surface area (Å²) in [5.74, 6) is -0.958. The smallest absolute Gasteiger partial charge is 0.337 e. The number of aliphatic hydroxyl groups is 1. The van der Waals surface area contributed by atoms with Crippen LogP contribution in [0.1, 0.15) is 17.2 Å². The van der Waals surface area contributed by atoms with Gasteiger partial charge in [0, 0.05) is 0 Å². The Morgan fingerprint density at radius 3 is 2.41 bits per heavy atom. The van der Waals surface area contributed by atoms with E-state index in [9.17, 15) is 9.90 Å². The summed E-state index contributed by atoms with van der Waals surface area (Å²) in [5.41, 5.74) is 0.595. The lowest BCUT2D eigenvalue weighted by Gasteiger charge is -2.17. The van der Waals surface area contributed by atoms with Gasteiger partial charge in [-0.15, -0.1) is 0 Å². The van der Waals surface area contributed by atoms with Gasteiger partial charge in [-0.3, -0.25) is 0 Å². The highest BCUT2D eigenvalue weighted by atomic mass is 35.5. The number of aliphatic hydroxyl groups excluding tert-OH is 1. The normalized spacial score (nSPS) is 12.1. The van der Waals surface area contributed by atoms with E-state index >= 15 is 0 Å². The molecule has 6 heteroatoms. The average molecular weight is 261 g/mol. The lowest BCUT2D eigenvalue weighted by Crippen LogP contribution is -2.13. The zero-order chi connectivity index (χ0) is 13.2. The molecule has 1 atom stereocenters. The summed E-state index contributed by atoms with van der Waals surface area (Å²) in [7, 11) is 2.77. The van der Waals surface area contributed by atoms with Gasteiger partial charge in [0.15, 0.2) is 17.6 Å². The molecule has 0 fully saturated rings. The zero-order valence-electron chi connectivity index (χ0n) is 9.65. The van der Waals surface area contributed by atoms with Crippen LogP contribution in [0, 0.1) is 6.92 Å². The van der Waals surface area contributed by atoms with Crippen LogP contribution in [0.2, 0.25) is 5.02 Å². The third kappa shape index (κ3) is 2.45. The second-order valence-corrected chi connectivity index (χ2v) is 3.78. The Labute approximate surface area is 104 Å². The first-order valence-electron chi connectivity index (χ1n) is 4.75. The van der Waals surface area contributed by atoms with Crippen molar-refractivity contribution in [1.29, 1.82) is 0 Å². The van der Waals surface area contributed by atoms with Crippen molar-refractivity contribution in [1.82, 2.24) is 0 Å². The summed E-state index contributed by atoms with van der Waals surface area (Å²) < 4.78 is 10.1. The largest absolute Gasteiger partial charge is 0.493 e. The fourth-order valence-corrected chi connectivity index (χ4v) is 1.74. The van der Waals surface area contributed by atoms with Crippen molar-refractivity contribution >= 4 is 17.6 Å². The van der Waals surface area contributed by atoms with Crippen LogP contribution in [0.5, 0.6) is 11.5 Å². The number of benzene rings is 1. The maximum Gasteiger partial charge on any atom is 0.337 e. The molecule has 0 amide bonds. The molecular weight excluding hydrogens is 248 g/mol. The molecule has 0 saturated heterocycles. The second kappa shape index (κ2) is 5.25. The van der Waals surface area contributed by atoms with Crippen LogP contribution in [-0.2, 0) is 4.79 Å². The van der Waals surface area contributed by atoms with Gasteiger partial charge in [-0.2, -0.15) is 0 Å². The van der Waals surface area contributed by atoms with Crippen LogP contribution in [-0.4, -0.2) is 30.4 Å². The van der Waals surface area contributed by atoms with Crippen LogP contribution >= 0.6 is 11.6 Å². The summed E-state index contributed by atoms with van der Waals surface area (Å²) in [6.07, 6.45) is -1.76. The van der Waals surface area contributed by atoms with E-state index in [1.165, 1.54) is 14.2 Å². The van der Waals surface area contributed by atoms with Crippen LogP contribution in [0.15, 0.2) is 6.07 Å². The minimum Gasteiger partial charge on any atom is -0.493 e. The minimum atomic E-state index is -1.76. The first kappa shape index (κ1) is 13.6. The molecule has 0 bridgehead atoms. The topological polar surface area (TPSA) is 76.0 Å². The van der Waals surface area contributed by atoms with Gasteiger partial charge in [-0.05, 0) is 18.6 Å². The van der Waals surface area contributed by atoms with Gasteiger partial charge < -0.3 is 19.7 Å². The van der Waals surface area contributed by atoms with Crippen LogP contribution in [0.4, 0.5) is 0 Å². The minimum absolute atomic E-state index is 0.00137. The molecule has 0 aromatic heterocycles. The van der Waals surface area contributed by atoms with E-state index < -0.39 is 12.1 Å². The highest BCUT2D eigenvalue weighted by Gasteiger charge is 2.27. The molecular formula is C11H13ClO5. The Morgan fingerprint density at radius 2 is 2.00 bits per heavy atom. The van der Waals surface area contributed by atoms with E-state index in [1.807, 2.05) is 0 Å². The Bertz CT molecular complexity index is 444. The molecule has 1 unspecified atom stereocenters. The summed E-state index contributed by atoms with van der Waals surface area (Å²) in [4.78, 5) is 10.8. The third-order valence-electron chi connectivity index (χ3n) is 2.33. The quantitative estimate of drug-likeness (QED) is 0.863. The molecule has 0 heterocycles. The maximum atomic E-state index is 10.8. The number of hydrogen-bond acceptors (Lipinski definition) is 4. The monoisotopic (exact) mass is 260 g/mol. The Morgan fingerprint density at radius 1 is 1.41 bits per heavy atom. The van der Waals surface area contributed by atoms with Crippen molar-refractivity contribution in [3.05, 3.63) is 22.2 Å². The Hall–Kier alpha value is -1.46. The van der Waals surface area contributed by atoms with E-state index in [-0.39, 0.29) is 16.3 Å². The van der Waals surface area contributed by atoms with Crippen molar-refractivity contribution in [3.63, 3.8) is 0 Å². The van der Waals surface area contributed by atoms with Gasteiger partial charge in [-0.1, -0.05) is 11.6 Å².